The van der Waals surface area contributed by atoms with Crippen molar-refractivity contribution in [3.8, 4) is 0 Å². The van der Waals surface area contributed by atoms with Gasteiger partial charge in [0.15, 0.2) is 0 Å². The molecule has 2 unspecified atom stereocenters. The minimum Gasteiger partial charge on any atom is -0.319 e. The zero-order valence-electron chi connectivity index (χ0n) is 9.21. The summed E-state index contributed by atoms with van der Waals surface area (Å²) in [7, 11) is 2.09. The molecule has 0 aromatic carbocycles. The van der Waals surface area contributed by atoms with Crippen LogP contribution in [-0.4, -0.2) is 36.6 Å². The first kappa shape index (κ1) is 9.17. The molecule has 3 rings (SSSR count). The van der Waals surface area contributed by atoms with Crippen molar-refractivity contribution in [2.75, 3.05) is 13.6 Å². The summed E-state index contributed by atoms with van der Waals surface area (Å²) in [5, 5.41) is 3.35. The van der Waals surface area contributed by atoms with Gasteiger partial charge in [0.2, 0.25) is 0 Å². The van der Waals surface area contributed by atoms with Crippen LogP contribution in [0.25, 0.3) is 0 Å². The molecule has 0 amide bonds. The molecule has 14 heavy (non-hydrogen) atoms. The average Bonchev–Trinajstić information content (AvgIpc) is 2.96. The summed E-state index contributed by atoms with van der Waals surface area (Å²) in [4.78, 5) is 2.88. The van der Waals surface area contributed by atoms with Gasteiger partial charge >= 0.3 is 0 Å². The molecule has 0 spiro atoms. The van der Waals surface area contributed by atoms with Crippen molar-refractivity contribution in [1.82, 2.24) is 10.2 Å². The molecule has 2 atom stereocenters. The third kappa shape index (κ3) is 1.49. The largest absolute Gasteiger partial charge is 0.319 e. The van der Waals surface area contributed by atoms with Gasteiger partial charge in [0.1, 0.15) is 0 Å². The van der Waals surface area contributed by atoms with Crippen molar-refractivity contribution in [3.05, 3.63) is 0 Å². The number of piperidine rings is 1. The fraction of sp³-hybridized carbons (Fsp3) is 1.00. The number of nitrogens with one attached hydrogen (secondary N) is 1. The van der Waals surface area contributed by atoms with Crippen LogP contribution in [0.15, 0.2) is 0 Å². The van der Waals surface area contributed by atoms with Gasteiger partial charge in [0.25, 0.3) is 0 Å². The highest BCUT2D eigenvalue weighted by atomic mass is 15.3. The standard InChI is InChI=1S/C12H22N2/c1-13-8-9-6-11-4-5-12(7-9)14(11)10-2-3-10/h9-13H,2-8H2,1H3. The molecule has 0 aromatic heterocycles. The highest BCUT2D eigenvalue weighted by Gasteiger charge is 2.46. The second-order valence-electron chi connectivity index (χ2n) is 5.46. The smallest absolute Gasteiger partial charge is 0.0105 e. The number of nitrogens with zero attached hydrogens (tertiary/aromatic N) is 1. The molecule has 2 nitrogen and oxygen atoms in total. The van der Waals surface area contributed by atoms with Crippen LogP contribution < -0.4 is 5.32 Å². The van der Waals surface area contributed by atoms with Crippen molar-refractivity contribution in [2.45, 2.75) is 56.7 Å². The van der Waals surface area contributed by atoms with Gasteiger partial charge < -0.3 is 5.32 Å². The van der Waals surface area contributed by atoms with E-state index in [1.807, 2.05) is 0 Å². The number of hydrogen-bond acceptors (Lipinski definition) is 2. The molecule has 0 aromatic rings. The van der Waals surface area contributed by atoms with Crippen molar-refractivity contribution in [1.29, 1.82) is 0 Å². The zero-order chi connectivity index (χ0) is 9.54. The topological polar surface area (TPSA) is 15.3 Å². The van der Waals surface area contributed by atoms with Gasteiger partial charge in [-0.2, -0.15) is 0 Å². The van der Waals surface area contributed by atoms with Crippen LogP contribution in [0.1, 0.15) is 38.5 Å². The Bertz CT molecular complexity index is 198. The Labute approximate surface area is 87.0 Å². The number of fused-ring (bicyclic) bond motifs is 2. The van der Waals surface area contributed by atoms with Gasteiger partial charge in [0.05, 0.1) is 0 Å². The second kappa shape index (κ2) is 3.49. The Morgan fingerprint density at radius 3 is 2.07 bits per heavy atom. The SMILES string of the molecule is CNCC1CC2CCC(C1)N2C1CC1. The molecule has 2 bridgehead atoms. The van der Waals surface area contributed by atoms with Crippen molar-refractivity contribution in [3.63, 3.8) is 0 Å². The molecule has 1 saturated carbocycles. The van der Waals surface area contributed by atoms with Crippen LogP contribution in [0.2, 0.25) is 0 Å². The van der Waals surface area contributed by atoms with Crippen LogP contribution in [0.4, 0.5) is 0 Å². The Kier molecular flexibility index (Phi) is 2.29. The van der Waals surface area contributed by atoms with E-state index in [4.69, 9.17) is 0 Å². The van der Waals surface area contributed by atoms with Gasteiger partial charge in [-0.25, -0.2) is 0 Å². The first-order valence-corrected chi connectivity index (χ1v) is 6.30. The Balaban J connectivity index is 1.66. The molecule has 80 valence electrons. The predicted octanol–water partition coefficient (Wildman–Crippen LogP) is 1.61. The third-order valence-corrected chi connectivity index (χ3v) is 4.35. The molecule has 2 aliphatic heterocycles. The van der Waals surface area contributed by atoms with Crippen LogP contribution in [0.3, 0.4) is 0 Å². The lowest BCUT2D eigenvalue weighted by molar-refractivity contribution is 0.0959. The predicted molar refractivity (Wildman–Crippen MR) is 58.3 cm³/mol. The molecule has 2 saturated heterocycles. The van der Waals surface area contributed by atoms with E-state index >= 15 is 0 Å². The lowest BCUT2D eigenvalue weighted by Crippen LogP contribution is -2.45. The van der Waals surface area contributed by atoms with Crippen molar-refractivity contribution < 1.29 is 0 Å². The summed E-state index contributed by atoms with van der Waals surface area (Å²) in [5.41, 5.74) is 0. The molecule has 0 radical (unpaired) electrons. The lowest BCUT2D eigenvalue weighted by atomic mass is 9.90. The maximum absolute atomic E-state index is 3.35. The van der Waals surface area contributed by atoms with Gasteiger partial charge in [-0.1, -0.05) is 0 Å². The third-order valence-electron chi connectivity index (χ3n) is 4.35. The van der Waals surface area contributed by atoms with Crippen LogP contribution in [0.5, 0.6) is 0 Å². The van der Waals surface area contributed by atoms with Crippen LogP contribution >= 0.6 is 0 Å². The Morgan fingerprint density at radius 1 is 1.00 bits per heavy atom. The van der Waals surface area contributed by atoms with Gasteiger partial charge in [0, 0.05) is 18.1 Å². The Morgan fingerprint density at radius 2 is 1.57 bits per heavy atom. The summed E-state index contributed by atoms with van der Waals surface area (Å²) >= 11 is 0. The van der Waals surface area contributed by atoms with E-state index in [0.717, 1.165) is 24.0 Å². The normalized spacial score (nSPS) is 43.1. The minimum absolute atomic E-state index is 0.958. The first-order chi connectivity index (χ1) is 6.88. The van der Waals surface area contributed by atoms with E-state index in [1.165, 1.54) is 45.1 Å². The summed E-state index contributed by atoms with van der Waals surface area (Å²) < 4.78 is 0. The van der Waals surface area contributed by atoms with Crippen molar-refractivity contribution >= 4 is 0 Å². The lowest BCUT2D eigenvalue weighted by Gasteiger charge is -2.39. The van der Waals surface area contributed by atoms with Crippen molar-refractivity contribution in [2.24, 2.45) is 5.92 Å². The van der Waals surface area contributed by atoms with E-state index in [2.05, 4.69) is 17.3 Å². The summed E-state index contributed by atoms with van der Waals surface area (Å²) in [6.07, 6.45) is 8.89. The molecule has 3 aliphatic rings. The van der Waals surface area contributed by atoms with E-state index in [-0.39, 0.29) is 0 Å². The summed E-state index contributed by atoms with van der Waals surface area (Å²) in [5.74, 6) is 0.965. The van der Waals surface area contributed by atoms with Gasteiger partial charge in [-0.15, -0.1) is 0 Å². The molecule has 3 fully saturated rings. The number of rotatable bonds is 3. The highest BCUT2D eigenvalue weighted by molar-refractivity contribution is 5.01. The Hall–Kier alpha value is -0.0800. The molecular formula is C12H22N2. The summed E-state index contributed by atoms with van der Waals surface area (Å²) in [6.45, 7) is 1.24. The van der Waals surface area contributed by atoms with Crippen LogP contribution in [-0.2, 0) is 0 Å². The maximum atomic E-state index is 3.35. The minimum atomic E-state index is 0.958. The molecule has 1 N–H and O–H groups in total. The fourth-order valence-corrected chi connectivity index (χ4v) is 3.75. The fourth-order valence-electron chi connectivity index (χ4n) is 3.75. The average molecular weight is 194 g/mol. The number of hydrogen-bond donors (Lipinski definition) is 1. The van der Waals surface area contributed by atoms with E-state index in [9.17, 15) is 0 Å². The van der Waals surface area contributed by atoms with Gasteiger partial charge in [-0.3, -0.25) is 4.90 Å². The first-order valence-electron chi connectivity index (χ1n) is 6.30. The molecule has 1 aliphatic carbocycles. The summed E-state index contributed by atoms with van der Waals surface area (Å²) in [6, 6.07) is 2.92. The van der Waals surface area contributed by atoms with E-state index < -0.39 is 0 Å². The molecular weight excluding hydrogens is 172 g/mol. The molecule has 2 heteroatoms. The maximum Gasteiger partial charge on any atom is 0.0105 e. The van der Waals surface area contributed by atoms with Gasteiger partial charge in [-0.05, 0) is 58.0 Å². The monoisotopic (exact) mass is 194 g/mol. The molecule has 2 heterocycles. The van der Waals surface area contributed by atoms with E-state index in [0.29, 0.717) is 0 Å². The second-order valence-corrected chi connectivity index (χ2v) is 5.46. The quantitative estimate of drug-likeness (QED) is 0.734. The highest BCUT2D eigenvalue weighted by Crippen LogP contribution is 2.44. The van der Waals surface area contributed by atoms with Crippen LogP contribution in [0, 0.1) is 5.92 Å². The van der Waals surface area contributed by atoms with E-state index in [1.54, 1.807) is 0 Å². The zero-order valence-corrected chi connectivity index (χ0v) is 9.21.